The lowest BCUT2D eigenvalue weighted by Gasteiger charge is -2.43. The third-order valence-corrected chi connectivity index (χ3v) is 16.0. The number of fused-ring (bicyclic) bond motifs is 3. The molecule has 5 N–H and O–H groups in total. The number of aliphatic hydroxyl groups is 4. The van der Waals surface area contributed by atoms with E-state index in [9.17, 15) is 44.7 Å². The maximum absolute atomic E-state index is 14.6. The fourth-order valence-electron chi connectivity index (χ4n) is 11.2. The Balaban J connectivity index is 1.53. The first kappa shape index (κ1) is 61.3. The van der Waals surface area contributed by atoms with Gasteiger partial charge in [0.05, 0.1) is 41.8 Å². The maximum Gasteiger partial charge on any atom is 0.335 e. The fourth-order valence-corrected chi connectivity index (χ4v) is 11.2. The Morgan fingerprint density at radius 2 is 1.61 bits per heavy atom. The summed E-state index contributed by atoms with van der Waals surface area (Å²) in [4.78, 5) is 62.1. The van der Waals surface area contributed by atoms with Crippen LogP contribution < -0.4 is 4.84 Å². The predicted octanol–water partition coefficient (Wildman–Crippen LogP) is 7.54. The van der Waals surface area contributed by atoms with E-state index in [0.29, 0.717) is 69.1 Å². The number of piperidine rings is 1. The van der Waals surface area contributed by atoms with Crippen molar-refractivity contribution < 1.29 is 73.2 Å². The number of cyclic esters (lactones) is 1. The molecule has 1 aromatic carbocycles. The third-order valence-electron chi connectivity index (χ3n) is 16.0. The Morgan fingerprint density at radius 3 is 2.31 bits per heavy atom. The molecule has 0 spiro atoms. The molecule has 16 atom stereocenters. The van der Waals surface area contributed by atoms with Gasteiger partial charge in [-0.3, -0.25) is 9.59 Å². The van der Waals surface area contributed by atoms with Gasteiger partial charge in [0.2, 0.25) is 5.79 Å². The number of nitrogens with zero attached hydrogens (tertiary/aromatic N) is 2. The number of methoxy groups -OCH3 is 3. The van der Waals surface area contributed by atoms with Crippen LogP contribution in [-0.4, -0.2) is 148 Å². The number of ketones is 1. The number of allylic oxidation sites excluding steroid dienone is 5. The third kappa shape index (κ3) is 16.5. The summed E-state index contributed by atoms with van der Waals surface area (Å²) in [6.07, 6.45) is 10.6. The number of ether oxygens (including phenoxy) is 5. The molecular weight excluding hydrogens is 965 g/mol. The average molecular weight is 1050 g/mol. The van der Waals surface area contributed by atoms with Crippen molar-refractivity contribution in [1.29, 1.82) is 0 Å². The van der Waals surface area contributed by atoms with Crippen molar-refractivity contribution in [2.24, 2.45) is 40.7 Å². The minimum absolute atomic E-state index is 0.00466. The molecule has 5 rings (SSSR count). The van der Waals surface area contributed by atoms with E-state index in [1.165, 1.54) is 24.1 Å². The Hall–Kier alpha value is -4.59. The molecule has 3 aliphatic heterocycles. The summed E-state index contributed by atoms with van der Waals surface area (Å²) in [5.41, 5.74) is 1.71. The van der Waals surface area contributed by atoms with Crippen molar-refractivity contribution in [3.05, 3.63) is 77.4 Å². The van der Waals surface area contributed by atoms with Crippen molar-refractivity contribution in [1.82, 2.24) is 4.90 Å². The molecule has 418 valence electrons. The van der Waals surface area contributed by atoms with Gasteiger partial charge >= 0.3 is 11.9 Å². The van der Waals surface area contributed by atoms with Crippen LogP contribution in [0.15, 0.2) is 77.0 Å². The van der Waals surface area contributed by atoms with Gasteiger partial charge in [0.1, 0.15) is 24.4 Å². The first-order valence-corrected chi connectivity index (χ1v) is 27.0. The van der Waals surface area contributed by atoms with Gasteiger partial charge in [-0.2, -0.15) is 0 Å². The lowest BCUT2D eigenvalue weighted by molar-refractivity contribution is -0.265. The summed E-state index contributed by atoms with van der Waals surface area (Å²) >= 11 is 0. The highest BCUT2D eigenvalue weighted by molar-refractivity contribution is 6.39. The topological polar surface area (TPSA) is 240 Å². The zero-order chi connectivity index (χ0) is 55.1. The molecule has 2 saturated heterocycles. The van der Waals surface area contributed by atoms with E-state index in [1.807, 2.05) is 58.1 Å². The second-order valence-corrected chi connectivity index (χ2v) is 21.8. The van der Waals surface area contributed by atoms with Crippen LogP contribution in [0.5, 0.6) is 5.75 Å². The molecule has 75 heavy (non-hydrogen) atoms. The second-order valence-electron chi connectivity index (χ2n) is 21.8. The molecule has 3 heterocycles. The Labute approximate surface area is 444 Å². The maximum atomic E-state index is 14.6. The Morgan fingerprint density at radius 1 is 0.867 bits per heavy atom. The van der Waals surface area contributed by atoms with Crippen LogP contribution in [0, 0.1) is 35.5 Å². The minimum atomic E-state index is -2.44. The summed E-state index contributed by atoms with van der Waals surface area (Å²) < 4.78 is 30.1. The number of esters is 1. The van der Waals surface area contributed by atoms with Crippen LogP contribution in [0.4, 0.5) is 0 Å². The van der Waals surface area contributed by atoms with E-state index < -0.39 is 90.0 Å². The van der Waals surface area contributed by atoms with Gasteiger partial charge in [-0.1, -0.05) is 82.3 Å². The second kappa shape index (κ2) is 28.7. The Bertz CT molecular complexity index is 2230. The van der Waals surface area contributed by atoms with Gasteiger partial charge < -0.3 is 59.0 Å². The van der Waals surface area contributed by atoms with Crippen LogP contribution in [0.25, 0.3) is 0 Å². The molecule has 0 aromatic heterocycles. The van der Waals surface area contributed by atoms with Gasteiger partial charge in [0, 0.05) is 58.5 Å². The van der Waals surface area contributed by atoms with Crippen molar-refractivity contribution in [3.8, 4) is 5.75 Å². The fraction of sp³-hybridized carbons (Fsp3) is 0.672. The number of aliphatic hydroxyl groups excluding tert-OH is 3. The lowest BCUT2D eigenvalue weighted by Crippen LogP contribution is -2.61. The summed E-state index contributed by atoms with van der Waals surface area (Å²) in [6, 6.07) is 4.79. The molecule has 0 unspecified atom stereocenters. The number of benzene rings is 1. The number of hydrogen-bond donors (Lipinski definition) is 5. The van der Waals surface area contributed by atoms with E-state index >= 15 is 0 Å². The van der Waals surface area contributed by atoms with Crippen molar-refractivity contribution in [3.63, 3.8) is 0 Å². The number of rotatable bonds is 9. The minimum Gasteiger partial charge on any atom is -0.478 e. The number of amides is 1. The molecule has 0 radical (unpaired) electrons. The van der Waals surface area contributed by atoms with Gasteiger partial charge in [0.25, 0.3) is 11.7 Å². The van der Waals surface area contributed by atoms with Gasteiger partial charge in [0.15, 0.2) is 5.75 Å². The smallest absolute Gasteiger partial charge is 0.335 e. The SMILES string of the molecule is CO[C@H]1C[C@@H]2CC[C@@H](C)[C@@](O)(O2)C(=O)C(=O)N2CCCC[C@H]2C(=O)O[C@H]([C@H](C)C[C@@H]2CC[C@@H](O)[C@H](OC)C2)C[C@@H](O)[C@H](C)/C=C(\C)[C@@H](O)[C@@H](OC)C(=NOc2cccc(C(=O)O)c2)[C@H](C)C[C@H](C)/C=C/C=CC=C1C. The Kier molecular flexibility index (Phi) is 23.4. The molecule has 4 aliphatic rings. The number of aromatic carboxylic acids is 1. The molecule has 1 saturated carbocycles. The van der Waals surface area contributed by atoms with Crippen LogP contribution in [-0.2, 0) is 38.1 Å². The van der Waals surface area contributed by atoms with E-state index in [1.54, 1.807) is 53.2 Å². The molecule has 17 nitrogen and oxygen atoms in total. The summed E-state index contributed by atoms with van der Waals surface area (Å²) in [5.74, 6) is -8.12. The predicted molar refractivity (Wildman–Crippen MR) is 283 cm³/mol. The van der Waals surface area contributed by atoms with Crippen molar-refractivity contribution in [2.75, 3.05) is 27.9 Å². The largest absolute Gasteiger partial charge is 0.478 e. The van der Waals surface area contributed by atoms with Crippen molar-refractivity contribution >= 4 is 29.3 Å². The highest BCUT2D eigenvalue weighted by Gasteiger charge is 2.53. The number of hydrogen-bond acceptors (Lipinski definition) is 15. The van der Waals surface area contributed by atoms with E-state index in [-0.39, 0.29) is 60.5 Å². The van der Waals surface area contributed by atoms with E-state index in [2.05, 4.69) is 5.16 Å². The summed E-state index contributed by atoms with van der Waals surface area (Å²) in [6.45, 7) is 13.1. The van der Waals surface area contributed by atoms with Gasteiger partial charge in [-0.05, 0) is 125 Å². The number of Topliss-reactive ketones (excluding diaryl/α,β-unsaturated/α-hetero) is 1. The summed E-state index contributed by atoms with van der Waals surface area (Å²) in [5, 5.41) is 60.9. The van der Waals surface area contributed by atoms with Gasteiger partial charge in [-0.15, -0.1) is 0 Å². The molecule has 17 heteroatoms. The zero-order valence-corrected chi connectivity index (χ0v) is 45.8. The highest BCUT2D eigenvalue weighted by atomic mass is 16.6. The molecule has 1 amide bonds. The number of oxime groups is 1. The van der Waals surface area contributed by atoms with Crippen LogP contribution in [0.2, 0.25) is 0 Å². The quantitative estimate of drug-likeness (QED) is 0.0695. The molecule has 1 aromatic rings. The molecule has 1 aliphatic carbocycles. The van der Waals surface area contributed by atoms with E-state index in [4.69, 9.17) is 28.5 Å². The van der Waals surface area contributed by atoms with Crippen LogP contribution >= 0.6 is 0 Å². The standard InChI is InChI=1S/C58H86N2O15/c1-34-17-12-11-13-18-35(2)48(70-8)32-43-24-22-40(7)58(69,74-43)54(64)55(65)60-26-15-14-21-45(60)57(68)73-49(37(4)29-41-23-25-46(61)50(30-41)71-9)33-47(62)36(3)28-39(6)52(63)53(72-10)51(38(5)27-34)59-75-44-20-16-19-42(31-44)56(66)67/h11-13,16-20,28,31,34,36-38,40-41,43,45-50,52-53,61-63,69H,14-15,21-27,29-30,32-33H2,1-10H3,(H,66,67)/b13-11?,17-12+,35-18?,39-28+,59-51?/t34-,36-,37-,38-,40-,41+,43+,45+,46-,47-,48+,49+,50-,52-,53+,58-/m1/s1. The summed E-state index contributed by atoms with van der Waals surface area (Å²) in [7, 11) is 4.60. The van der Waals surface area contributed by atoms with Gasteiger partial charge in [-0.25, -0.2) is 9.59 Å². The number of carbonyl (C=O) groups is 4. The number of carboxylic acid groups (broad SMARTS) is 1. The zero-order valence-electron chi connectivity index (χ0n) is 45.8. The monoisotopic (exact) mass is 1050 g/mol. The van der Waals surface area contributed by atoms with Crippen LogP contribution in [0.3, 0.4) is 0 Å². The average Bonchev–Trinajstić information content (AvgIpc) is 3.39. The molecule has 3 fully saturated rings. The normalized spacial score (nSPS) is 36.9. The van der Waals surface area contributed by atoms with Crippen LogP contribution in [0.1, 0.15) is 136 Å². The molecule has 2 bridgehead atoms. The molecular formula is C58H86N2O15. The lowest BCUT2D eigenvalue weighted by atomic mass is 9.78. The first-order chi connectivity index (χ1) is 35.6. The first-order valence-electron chi connectivity index (χ1n) is 27.0. The van der Waals surface area contributed by atoms with Crippen molar-refractivity contribution in [2.45, 2.75) is 186 Å². The highest BCUT2D eigenvalue weighted by Crippen LogP contribution is 2.38. The number of carbonyl (C=O) groups excluding carboxylic acids is 3. The van der Waals surface area contributed by atoms with E-state index in [0.717, 1.165) is 12.0 Å². The number of carboxylic acids is 1.